The normalized spacial score (nSPS) is 14.5. The van der Waals surface area contributed by atoms with E-state index in [1.165, 1.54) is 0 Å². The highest BCUT2D eigenvalue weighted by Crippen LogP contribution is 2.44. The number of aliphatic carboxylic acids is 1. The molecule has 0 aliphatic heterocycles. The predicted molar refractivity (Wildman–Crippen MR) is 123 cm³/mol. The molecule has 8 heteroatoms. The van der Waals surface area contributed by atoms with Gasteiger partial charge in [-0.3, -0.25) is 4.79 Å². The number of aliphatic hydroxyl groups excluding tert-OH is 1. The second kappa shape index (κ2) is 10.0. The zero-order valence-electron chi connectivity index (χ0n) is 19.0. The van der Waals surface area contributed by atoms with Gasteiger partial charge < -0.3 is 25.6 Å². The second-order valence-electron chi connectivity index (χ2n) is 9.27. The van der Waals surface area contributed by atoms with Gasteiger partial charge in [0.15, 0.2) is 0 Å². The maximum Gasteiger partial charge on any atom is 0.407 e. The van der Waals surface area contributed by atoms with Crippen molar-refractivity contribution in [3.63, 3.8) is 0 Å². The molecular formula is C25H30N2O6. The van der Waals surface area contributed by atoms with E-state index in [1.807, 2.05) is 48.5 Å². The van der Waals surface area contributed by atoms with Crippen LogP contribution in [0.25, 0.3) is 11.1 Å². The number of ether oxygens (including phenoxy) is 1. The molecule has 176 valence electrons. The number of hydrogen-bond donors (Lipinski definition) is 4. The van der Waals surface area contributed by atoms with Crippen LogP contribution in [0, 0.1) is 5.41 Å². The van der Waals surface area contributed by atoms with Gasteiger partial charge in [-0.1, -0.05) is 69.3 Å². The zero-order chi connectivity index (χ0) is 24.2. The Morgan fingerprint density at radius 3 is 2.06 bits per heavy atom. The molecule has 2 amide bonds. The van der Waals surface area contributed by atoms with Crippen LogP contribution in [0.2, 0.25) is 0 Å². The minimum atomic E-state index is -1.18. The Balaban J connectivity index is 1.48. The number of carboxylic acid groups (broad SMARTS) is 1. The van der Waals surface area contributed by atoms with Gasteiger partial charge in [-0.05, 0) is 27.7 Å². The first-order chi connectivity index (χ1) is 15.6. The lowest BCUT2D eigenvalue weighted by atomic mass is 9.86. The molecule has 2 atom stereocenters. The Hall–Kier alpha value is -3.39. The largest absolute Gasteiger partial charge is 0.480 e. The highest BCUT2D eigenvalue weighted by atomic mass is 16.5. The Kier molecular flexibility index (Phi) is 7.38. The van der Waals surface area contributed by atoms with Crippen molar-refractivity contribution in [1.29, 1.82) is 0 Å². The van der Waals surface area contributed by atoms with Gasteiger partial charge in [0.1, 0.15) is 12.6 Å². The van der Waals surface area contributed by atoms with Gasteiger partial charge in [-0.25, -0.2) is 9.59 Å². The summed E-state index contributed by atoms with van der Waals surface area (Å²) < 4.78 is 5.40. The molecule has 3 rings (SSSR count). The molecule has 2 unspecified atom stereocenters. The van der Waals surface area contributed by atoms with Crippen molar-refractivity contribution in [1.82, 2.24) is 10.6 Å². The third-order valence-corrected chi connectivity index (χ3v) is 5.67. The van der Waals surface area contributed by atoms with Crippen LogP contribution in [-0.4, -0.2) is 53.5 Å². The molecule has 8 nitrogen and oxygen atoms in total. The van der Waals surface area contributed by atoms with Crippen LogP contribution in [0.1, 0.15) is 44.2 Å². The average molecular weight is 455 g/mol. The number of hydrogen-bond acceptors (Lipinski definition) is 5. The molecule has 2 aromatic rings. The van der Waals surface area contributed by atoms with Crippen molar-refractivity contribution < 1.29 is 29.3 Å². The van der Waals surface area contributed by atoms with Crippen molar-refractivity contribution in [2.24, 2.45) is 5.41 Å². The summed E-state index contributed by atoms with van der Waals surface area (Å²) in [6.07, 6.45) is -2.22. The predicted octanol–water partition coefficient (Wildman–Crippen LogP) is 2.89. The molecular weight excluding hydrogens is 424 g/mol. The van der Waals surface area contributed by atoms with Crippen LogP contribution in [0.4, 0.5) is 4.79 Å². The number of alkyl carbamates (subject to hydrolysis) is 1. The summed E-state index contributed by atoms with van der Waals surface area (Å²) in [6.45, 7) is 5.03. The molecule has 0 saturated carbocycles. The standard InChI is InChI=1S/C25H30N2O6/c1-25(2,3)22(23(30)31)27-21(29)12-15(28)13-26-24(32)33-14-20-18-10-6-4-8-16(18)17-9-5-7-11-19(17)20/h4-11,15,20,22,28H,12-14H2,1-3H3,(H,26,32)(H,27,29)(H,30,31). The van der Waals surface area contributed by atoms with Crippen molar-refractivity contribution in [2.45, 2.75) is 45.3 Å². The lowest BCUT2D eigenvalue weighted by Gasteiger charge is -2.28. The average Bonchev–Trinajstić information content (AvgIpc) is 3.07. The van der Waals surface area contributed by atoms with Gasteiger partial charge >= 0.3 is 12.1 Å². The van der Waals surface area contributed by atoms with Gasteiger partial charge in [0, 0.05) is 12.5 Å². The van der Waals surface area contributed by atoms with Crippen molar-refractivity contribution in [3.8, 4) is 11.1 Å². The first-order valence-corrected chi connectivity index (χ1v) is 10.9. The van der Waals surface area contributed by atoms with E-state index in [9.17, 15) is 24.6 Å². The van der Waals surface area contributed by atoms with E-state index in [-0.39, 0.29) is 25.5 Å². The smallest absolute Gasteiger partial charge is 0.407 e. The van der Waals surface area contributed by atoms with E-state index >= 15 is 0 Å². The first-order valence-electron chi connectivity index (χ1n) is 10.9. The monoisotopic (exact) mass is 454 g/mol. The van der Waals surface area contributed by atoms with Crippen LogP contribution >= 0.6 is 0 Å². The van der Waals surface area contributed by atoms with Crippen molar-refractivity contribution in [2.75, 3.05) is 13.2 Å². The summed E-state index contributed by atoms with van der Waals surface area (Å²) in [5, 5.41) is 24.2. The summed E-state index contributed by atoms with van der Waals surface area (Å²) in [7, 11) is 0. The van der Waals surface area contributed by atoms with E-state index < -0.39 is 35.5 Å². The number of carbonyl (C=O) groups is 3. The SMILES string of the molecule is CC(C)(C)C(NC(=O)CC(O)CNC(=O)OCC1c2ccccc2-c2ccccc21)C(=O)O. The number of carboxylic acids is 1. The Labute approximate surface area is 193 Å². The number of nitrogens with one attached hydrogen (secondary N) is 2. The minimum Gasteiger partial charge on any atom is -0.480 e. The molecule has 2 aromatic carbocycles. The van der Waals surface area contributed by atoms with E-state index in [4.69, 9.17) is 4.74 Å². The number of fused-ring (bicyclic) bond motifs is 3. The van der Waals surface area contributed by atoms with Gasteiger partial charge in [-0.2, -0.15) is 0 Å². The van der Waals surface area contributed by atoms with E-state index in [0.717, 1.165) is 22.3 Å². The van der Waals surface area contributed by atoms with Crippen LogP contribution in [-0.2, 0) is 14.3 Å². The number of amides is 2. The van der Waals surface area contributed by atoms with Gasteiger partial charge in [0.05, 0.1) is 12.5 Å². The van der Waals surface area contributed by atoms with Crippen LogP contribution in [0.15, 0.2) is 48.5 Å². The molecule has 0 bridgehead atoms. The lowest BCUT2D eigenvalue weighted by molar-refractivity contribution is -0.145. The van der Waals surface area contributed by atoms with Crippen molar-refractivity contribution >= 4 is 18.0 Å². The van der Waals surface area contributed by atoms with Crippen LogP contribution in [0.5, 0.6) is 0 Å². The van der Waals surface area contributed by atoms with Crippen LogP contribution in [0.3, 0.4) is 0 Å². The molecule has 0 spiro atoms. The summed E-state index contributed by atoms with van der Waals surface area (Å²) in [4.78, 5) is 35.7. The quantitative estimate of drug-likeness (QED) is 0.486. The number of aliphatic hydroxyl groups is 1. The van der Waals surface area contributed by atoms with E-state index in [0.29, 0.717) is 0 Å². The number of carbonyl (C=O) groups excluding carboxylic acids is 2. The topological polar surface area (TPSA) is 125 Å². The highest BCUT2D eigenvalue weighted by molar-refractivity contribution is 5.84. The summed E-state index contributed by atoms with van der Waals surface area (Å²) >= 11 is 0. The van der Waals surface area contributed by atoms with Crippen molar-refractivity contribution in [3.05, 3.63) is 59.7 Å². The van der Waals surface area contributed by atoms with Gasteiger partial charge in [0.25, 0.3) is 0 Å². The van der Waals surface area contributed by atoms with E-state index in [1.54, 1.807) is 20.8 Å². The Morgan fingerprint density at radius 2 is 1.55 bits per heavy atom. The van der Waals surface area contributed by atoms with E-state index in [2.05, 4.69) is 10.6 Å². The molecule has 0 aromatic heterocycles. The molecule has 33 heavy (non-hydrogen) atoms. The Morgan fingerprint density at radius 1 is 1.00 bits per heavy atom. The fourth-order valence-corrected chi connectivity index (χ4v) is 4.01. The highest BCUT2D eigenvalue weighted by Gasteiger charge is 2.33. The minimum absolute atomic E-state index is 0.0794. The second-order valence-corrected chi connectivity index (χ2v) is 9.27. The molecule has 0 saturated heterocycles. The molecule has 0 fully saturated rings. The first kappa shape index (κ1) is 24.3. The molecule has 1 aliphatic carbocycles. The molecule has 0 heterocycles. The summed E-state index contributed by atoms with van der Waals surface area (Å²) in [5.74, 6) is -1.84. The number of benzene rings is 2. The fourth-order valence-electron chi connectivity index (χ4n) is 4.01. The maximum absolute atomic E-state index is 12.2. The Bertz CT molecular complexity index is 984. The lowest BCUT2D eigenvalue weighted by Crippen LogP contribution is -2.50. The summed E-state index contributed by atoms with van der Waals surface area (Å²) in [6, 6.07) is 14.9. The fraction of sp³-hybridized carbons (Fsp3) is 0.400. The third kappa shape index (κ3) is 5.90. The molecule has 0 radical (unpaired) electrons. The maximum atomic E-state index is 12.2. The summed E-state index contributed by atoms with van der Waals surface area (Å²) in [5.41, 5.74) is 3.74. The van der Waals surface area contributed by atoms with Gasteiger partial charge in [-0.15, -0.1) is 0 Å². The number of rotatable bonds is 8. The zero-order valence-corrected chi connectivity index (χ0v) is 19.0. The molecule has 4 N–H and O–H groups in total. The third-order valence-electron chi connectivity index (χ3n) is 5.67. The van der Waals surface area contributed by atoms with Gasteiger partial charge in [0.2, 0.25) is 5.91 Å². The van der Waals surface area contributed by atoms with Crippen LogP contribution < -0.4 is 10.6 Å². The molecule has 1 aliphatic rings.